The maximum absolute atomic E-state index is 11.6. The van der Waals surface area contributed by atoms with Crippen molar-refractivity contribution in [1.82, 2.24) is 0 Å². The lowest BCUT2D eigenvalue weighted by molar-refractivity contribution is 0.413. The first-order valence-corrected chi connectivity index (χ1v) is 5.83. The van der Waals surface area contributed by atoms with Crippen molar-refractivity contribution in [2.24, 2.45) is 4.52 Å². The predicted molar refractivity (Wildman–Crippen MR) is 58.8 cm³/mol. The van der Waals surface area contributed by atoms with Crippen molar-refractivity contribution in [3.8, 4) is 5.75 Å². The highest BCUT2D eigenvalue weighted by molar-refractivity contribution is 7.90. The van der Waals surface area contributed by atoms with E-state index < -0.39 is 10.0 Å². The van der Waals surface area contributed by atoms with E-state index in [0.717, 1.165) is 0 Å². The van der Waals surface area contributed by atoms with E-state index in [4.69, 9.17) is 10.3 Å². The summed E-state index contributed by atoms with van der Waals surface area (Å²) in [5.41, 5.74) is 9.18. The molecule has 1 aromatic rings. The van der Waals surface area contributed by atoms with Crippen LogP contribution in [0, 0.1) is 13.8 Å². The molecule has 6 nitrogen and oxygen atoms in total. The summed E-state index contributed by atoms with van der Waals surface area (Å²) in [5.74, 6) is 0.565. The summed E-state index contributed by atoms with van der Waals surface area (Å²) in [7, 11) is -2.45. The van der Waals surface area contributed by atoms with Crippen LogP contribution in [-0.2, 0) is 10.0 Å². The monoisotopic (exact) mass is 241 g/mol. The van der Waals surface area contributed by atoms with Gasteiger partial charge in [-0.2, -0.15) is 0 Å². The van der Waals surface area contributed by atoms with Crippen molar-refractivity contribution in [2.45, 2.75) is 18.7 Å². The van der Waals surface area contributed by atoms with E-state index in [1.54, 1.807) is 26.0 Å². The van der Waals surface area contributed by atoms with E-state index >= 15 is 0 Å². The highest BCUT2D eigenvalue weighted by atomic mass is 32.2. The second kappa shape index (κ2) is 4.42. The minimum absolute atomic E-state index is 0.0334. The Kier molecular flexibility index (Phi) is 3.41. The van der Waals surface area contributed by atoms with Gasteiger partial charge in [-0.25, -0.2) is 8.42 Å². The standard InChI is InChI=1S/C9H11N3O3S/c1-6-4-8(15-3)5-7(2)9(6)16(13,14)12-11-10/h4-5H,1-3H3. The minimum Gasteiger partial charge on any atom is -0.497 e. The zero-order valence-electron chi connectivity index (χ0n) is 9.13. The molecule has 7 heteroatoms. The number of hydrogen-bond acceptors (Lipinski definition) is 3. The molecule has 0 saturated heterocycles. The SMILES string of the molecule is COc1cc(C)c(S(=O)(=O)N=[N+]=[N-])c(C)c1. The molecule has 0 atom stereocenters. The molecule has 0 N–H and O–H groups in total. The summed E-state index contributed by atoms with van der Waals surface area (Å²) >= 11 is 0. The molecule has 0 aromatic heterocycles. The van der Waals surface area contributed by atoms with E-state index in [1.165, 1.54) is 7.11 Å². The lowest BCUT2D eigenvalue weighted by atomic mass is 10.1. The molecule has 0 aliphatic rings. The maximum Gasteiger partial charge on any atom is 0.264 e. The van der Waals surface area contributed by atoms with Crippen LogP contribution in [0.4, 0.5) is 0 Å². The first-order valence-electron chi connectivity index (χ1n) is 4.39. The summed E-state index contributed by atoms with van der Waals surface area (Å²) in [6.45, 7) is 3.24. The molecular formula is C9H11N3O3S. The summed E-state index contributed by atoms with van der Waals surface area (Å²) in [5, 5.41) is 0. The Morgan fingerprint density at radius 1 is 1.31 bits per heavy atom. The van der Waals surface area contributed by atoms with Gasteiger partial charge in [-0.15, -0.1) is 0 Å². The fourth-order valence-electron chi connectivity index (χ4n) is 1.52. The van der Waals surface area contributed by atoms with Gasteiger partial charge in [0.1, 0.15) is 5.75 Å². The number of hydrogen-bond donors (Lipinski definition) is 0. The molecule has 0 amide bonds. The maximum atomic E-state index is 11.6. The lowest BCUT2D eigenvalue weighted by Crippen LogP contribution is -2.02. The second-order valence-electron chi connectivity index (χ2n) is 3.24. The van der Waals surface area contributed by atoms with Crippen molar-refractivity contribution < 1.29 is 13.2 Å². The molecule has 1 aromatic carbocycles. The van der Waals surface area contributed by atoms with Gasteiger partial charge in [0, 0.05) is 9.43 Å². The molecule has 0 unspecified atom stereocenters. The van der Waals surface area contributed by atoms with Gasteiger partial charge in [0.05, 0.1) is 12.0 Å². The molecule has 0 aliphatic carbocycles. The molecule has 0 saturated carbocycles. The Morgan fingerprint density at radius 3 is 2.19 bits per heavy atom. The third kappa shape index (κ3) is 2.26. The van der Waals surface area contributed by atoms with E-state index in [2.05, 4.69) is 9.43 Å². The molecule has 0 spiro atoms. The summed E-state index contributed by atoms with van der Waals surface area (Å²) < 4.78 is 31.0. The van der Waals surface area contributed by atoms with Crippen LogP contribution in [-0.4, -0.2) is 15.5 Å². The number of benzene rings is 1. The quantitative estimate of drug-likeness (QED) is 0.461. The molecule has 86 valence electrons. The van der Waals surface area contributed by atoms with Gasteiger partial charge in [0.2, 0.25) is 0 Å². The second-order valence-corrected chi connectivity index (χ2v) is 4.76. The number of aryl methyl sites for hydroxylation is 2. The number of methoxy groups -OCH3 is 1. The van der Waals surface area contributed by atoms with E-state index in [1.807, 2.05) is 0 Å². The summed E-state index contributed by atoms with van der Waals surface area (Å²) in [6, 6.07) is 3.15. The van der Waals surface area contributed by atoms with Gasteiger partial charge in [-0.3, -0.25) is 0 Å². The Bertz CT molecular complexity index is 536. The van der Waals surface area contributed by atoms with Gasteiger partial charge in [0.15, 0.2) is 0 Å². The Balaban J connectivity index is 3.53. The zero-order chi connectivity index (χ0) is 12.3. The van der Waals surface area contributed by atoms with Crippen LogP contribution < -0.4 is 4.74 Å². The fourth-order valence-corrected chi connectivity index (χ4v) is 2.63. The van der Waals surface area contributed by atoms with Crippen LogP contribution in [0.5, 0.6) is 5.75 Å². The van der Waals surface area contributed by atoms with Crippen molar-refractivity contribution >= 4 is 10.0 Å². The van der Waals surface area contributed by atoms with Gasteiger partial charge in [-0.05, 0) is 42.6 Å². The molecule has 0 aliphatic heterocycles. The van der Waals surface area contributed by atoms with Crippen LogP contribution in [0.1, 0.15) is 11.1 Å². The van der Waals surface area contributed by atoms with Gasteiger partial charge >= 0.3 is 0 Å². The number of nitrogens with zero attached hydrogens (tertiary/aromatic N) is 3. The summed E-state index contributed by atoms with van der Waals surface area (Å²) in [4.78, 5) is 2.35. The van der Waals surface area contributed by atoms with Crippen molar-refractivity contribution in [1.29, 1.82) is 0 Å². The van der Waals surface area contributed by atoms with Crippen LogP contribution in [0.3, 0.4) is 0 Å². The number of ether oxygens (including phenoxy) is 1. The topological polar surface area (TPSA) is 92.1 Å². The molecule has 0 bridgehead atoms. The average molecular weight is 241 g/mol. The zero-order valence-corrected chi connectivity index (χ0v) is 9.95. The molecular weight excluding hydrogens is 230 g/mol. The summed E-state index contributed by atoms with van der Waals surface area (Å²) in [6.07, 6.45) is 0. The molecule has 16 heavy (non-hydrogen) atoms. The highest BCUT2D eigenvalue weighted by Gasteiger charge is 2.18. The van der Waals surface area contributed by atoms with Gasteiger partial charge < -0.3 is 4.74 Å². The molecule has 0 heterocycles. The average Bonchev–Trinajstić information content (AvgIpc) is 2.15. The van der Waals surface area contributed by atoms with E-state index in [9.17, 15) is 8.42 Å². The Hall–Kier alpha value is -1.72. The lowest BCUT2D eigenvalue weighted by Gasteiger charge is -2.09. The van der Waals surface area contributed by atoms with Crippen LogP contribution in [0.2, 0.25) is 0 Å². The molecule has 0 radical (unpaired) electrons. The van der Waals surface area contributed by atoms with E-state index in [0.29, 0.717) is 16.9 Å². The van der Waals surface area contributed by atoms with Crippen LogP contribution >= 0.6 is 0 Å². The smallest absolute Gasteiger partial charge is 0.264 e. The predicted octanol–water partition coefficient (Wildman–Crippen LogP) is 2.31. The number of sulfonamides is 1. The Labute approximate surface area is 93.5 Å². The van der Waals surface area contributed by atoms with E-state index in [-0.39, 0.29) is 4.90 Å². The minimum atomic E-state index is -3.94. The van der Waals surface area contributed by atoms with Gasteiger partial charge in [-0.1, -0.05) is 0 Å². The van der Waals surface area contributed by atoms with Crippen molar-refractivity contribution in [2.75, 3.05) is 7.11 Å². The first kappa shape index (κ1) is 12.4. The van der Waals surface area contributed by atoms with Crippen molar-refractivity contribution in [3.05, 3.63) is 33.7 Å². The van der Waals surface area contributed by atoms with Gasteiger partial charge in [0.25, 0.3) is 10.0 Å². The third-order valence-electron chi connectivity index (χ3n) is 2.07. The number of azide groups is 1. The third-order valence-corrected chi connectivity index (χ3v) is 3.52. The van der Waals surface area contributed by atoms with Crippen LogP contribution in [0.25, 0.3) is 10.4 Å². The molecule has 1 rings (SSSR count). The highest BCUT2D eigenvalue weighted by Crippen LogP contribution is 2.26. The fraction of sp³-hybridized carbons (Fsp3) is 0.333. The Morgan fingerprint density at radius 2 is 1.81 bits per heavy atom. The first-order chi connectivity index (χ1) is 7.42. The molecule has 0 fully saturated rings. The normalized spacial score (nSPS) is 10.7. The largest absolute Gasteiger partial charge is 0.497 e. The van der Waals surface area contributed by atoms with Crippen molar-refractivity contribution in [3.63, 3.8) is 0 Å². The number of rotatable bonds is 3. The van der Waals surface area contributed by atoms with Crippen LogP contribution in [0.15, 0.2) is 21.5 Å².